The van der Waals surface area contributed by atoms with E-state index >= 15 is 0 Å². The summed E-state index contributed by atoms with van der Waals surface area (Å²) in [6.07, 6.45) is 0.207. The number of nitrogens with zero attached hydrogens (tertiary/aromatic N) is 1. The Morgan fingerprint density at radius 3 is 2.80 bits per heavy atom. The molecule has 0 radical (unpaired) electrons. The highest BCUT2D eigenvalue weighted by Crippen LogP contribution is 2.22. The van der Waals surface area contributed by atoms with Crippen LogP contribution < -0.4 is 10.1 Å². The van der Waals surface area contributed by atoms with Crippen molar-refractivity contribution >= 4 is 0 Å². The van der Waals surface area contributed by atoms with E-state index in [0.717, 1.165) is 17.9 Å². The van der Waals surface area contributed by atoms with Gasteiger partial charge < -0.3 is 10.1 Å². The lowest BCUT2D eigenvalue weighted by molar-refractivity contribution is 0.0934. The third-order valence-corrected chi connectivity index (χ3v) is 3.31. The molecule has 1 aliphatic carbocycles. The lowest BCUT2D eigenvalue weighted by Gasteiger charge is -2.17. The highest BCUT2D eigenvalue weighted by atomic mass is 19.3. The molecule has 2 rings (SSSR count). The second-order valence-corrected chi connectivity index (χ2v) is 5.26. The summed E-state index contributed by atoms with van der Waals surface area (Å²) >= 11 is 0. The van der Waals surface area contributed by atoms with E-state index in [1.807, 2.05) is 24.3 Å². The fourth-order valence-electron chi connectivity index (χ4n) is 1.97. The van der Waals surface area contributed by atoms with Crippen LogP contribution in [0.5, 0.6) is 5.75 Å². The van der Waals surface area contributed by atoms with Crippen LogP contribution in [0.25, 0.3) is 0 Å². The van der Waals surface area contributed by atoms with Gasteiger partial charge in [-0.25, -0.2) is 8.78 Å². The predicted molar refractivity (Wildman–Crippen MR) is 75.3 cm³/mol. The maximum absolute atomic E-state index is 12.2. The minimum atomic E-state index is -2.30. The highest BCUT2D eigenvalue weighted by molar-refractivity contribution is 5.33. The van der Waals surface area contributed by atoms with Crippen LogP contribution in [0.15, 0.2) is 24.3 Å². The third-order valence-electron chi connectivity index (χ3n) is 3.31. The van der Waals surface area contributed by atoms with Crippen molar-refractivity contribution in [2.45, 2.75) is 31.9 Å². The lowest BCUT2D eigenvalue weighted by atomic mass is 10.2. The van der Waals surface area contributed by atoms with Crippen molar-refractivity contribution in [3.8, 4) is 5.75 Å². The molecule has 0 spiro atoms. The third kappa shape index (κ3) is 5.43. The van der Waals surface area contributed by atoms with Crippen LogP contribution in [0.4, 0.5) is 8.78 Å². The Kier molecular flexibility index (Phi) is 5.73. The maximum atomic E-state index is 12.2. The summed E-state index contributed by atoms with van der Waals surface area (Å²) < 4.78 is 30.1. The van der Waals surface area contributed by atoms with Crippen LogP contribution in [-0.2, 0) is 6.54 Å². The van der Waals surface area contributed by atoms with Gasteiger partial charge in [0, 0.05) is 24.7 Å². The number of hydrogen-bond acceptors (Lipinski definition) is 3. The van der Waals surface area contributed by atoms with Crippen LogP contribution in [-0.4, -0.2) is 44.1 Å². The van der Waals surface area contributed by atoms with Crippen LogP contribution in [0, 0.1) is 0 Å². The number of nitrogens with one attached hydrogen (secondary N) is 1. The van der Waals surface area contributed by atoms with Crippen LogP contribution in [0.3, 0.4) is 0 Å². The second kappa shape index (κ2) is 7.55. The molecule has 0 bridgehead atoms. The minimum Gasteiger partial charge on any atom is -0.492 e. The zero-order chi connectivity index (χ0) is 14.4. The Labute approximate surface area is 118 Å². The molecule has 0 unspecified atom stereocenters. The largest absolute Gasteiger partial charge is 0.492 e. The molecule has 1 N–H and O–H groups in total. The minimum absolute atomic E-state index is 0.214. The quantitative estimate of drug-likeness (QED) is 0.754. The molecule has 0 saturated heterocycles. The first-order valence-corrected chi connectivity index (χ1v) is 7.06. The number of ether oxygens (including phenoxy) is 1. The van der Waals surface area contributed by atoms with Crippen LogP contribution >= 0.6 is 0 Å². The zero-order valence-electron chi connectivity index (χ0n) is 11.8. The van der Waals surface area contributed by atoms with Gasteiger partial charge in [-0.05, 0) is 26.0 Å². The number of likely N-dealkylation sites (N-methyl/N-ethyl adjacent to an activating group) is 1. The molecule has 0 aliphatic heterocycles. The van der Waals surface area contributed by atoms with Gasteiger partial charge in [0.2, 0.25) is 0 Å². The predicted octanol–water partition coefficient (Wildman–Crippen LogP) is 2.51. The number of halogens is 2. The Bertz CT molecular complexity index is 411. The van der Waals surface area contributed by atoms with E-state index in [-0.39, 0.29) is 6.54 Å². The Hall–Kier alpha value is -1.20. The van der Waals surface area contributed by atoms with Crippen molar-refractivity contribution in [2.75, 3.05) is 26.7 Å². The van der Waals surface area contributed by atoms with Crippen molar-refractivity contribution in [1.29, 1.82) is 0 Å². The fraction of sp³-hybridized carbons (Fsp3) is 0.600. The van der Waals surface area contributed by atoms with Gasteiger partial charge in [-0.1, -0.05) is 18.2 Å². The van der Waals surface area contributed by atoms with Crippen LogP contribution in [0.1, 0.15) is 18.4 Å². The molecule has 0 atom stereocenters. The number of hydrogen-bond donors (Lipinski definition) is 1. The van der Waals surface area contributed by atoms with E-state index < -0.39 is 6.43 Å². The molecule has 1 saturated carbocycles. The normalized spacial score (nSPS) is 15.1. The van der Waals surface area contributed by atoms with Gasteiger partial charge in [0.1, 0.15) is 12.4 Å². The number of alkyl halides is 2. The SMILES string of the molecule is CN(CCOc1ccccc1CNC1CC1)CC(F)F. The average molecular weight is 284 g/mol. The molecule has 1 aliphatic rings. The molecule has 5 heteroatoms. The van der Waals surface area contributed by atoms with Crippen molar-refractivity contribution < 1.29 is 13.5 Å². The van der Waals surface area contributed by atoms with E-state index in [1.165, 1.54) is 12.8 Å². The summed E-state index contributed by atoms with van der Waals surface area (Å²) in [6, 6.07) is 8.53. The number of para-hydroxylation sites is 1. The summed E-state index contributed by atoms with van der Waals surface area (Å²) in [6.45, 7) is 1.50. The monoisotopic (exact) mass is 284 g/mol. The first-order valence-electron chi connectivity index (χ1n) is 7.06. The topological polar surface area (TPSA) is 24.5 Å². The fourth-order valence-corrected chi connectivity index (χ4v) is 1.97. The second-order valence-electron chi connectivity index (χ2n) is 5.26. The van der Waals surface area contributed by atoms with Gasteiger partial charge in [-0.15, -0.1) is 0 Å². The molecule has 1 aromatic rings. The molecule has 1 fully saturated rings. The molecular formula is C15H22F2N2O. The molecule has 112 valence electrons. The lowest BCUT2D eigenvalue weighted by Crippen LogP contribution is -2.29. The van der Waals surface area contributed by atoms with Gasteiger partial charge in [-0.3, -0.25) is 4.90 Å². The van der Waals surface area contributed by atoms with Gasteiger partial charge in [-0.2, -0.15) is 0 Å². The molecule has 0 heterocycles. The molecular weight excluding hydrogens is 262 g/mol. The molecule has 20 heavy (non-hydrogen) atoms. The van der Waals surface area contributed by atoms with Crippen LogP contribution in [0.2, 0.25) is 0 Å². The standard InChI is InChI=1S/C15H22F2N2O/c1-19(11-15(16)17)8-9-20-14-5-3-2-4-12(14)10-18-13-6-7-13/h2-5,13,15,18H,6-11H2,1H3. The molecule has 3 nitrogen and oxygen atoms in total. The summed E-state index contributed by atoms with van der Waals surface area (Å²) in [4.78, 5) is 1.58. The van der Waals surface area contributed by atoms with E-state index in [9.17, 15) is 8.78 Å². The summed E-state index contributed by atoms with van der Waals surface area (Å²) in [7, 11) is 1.68. The van der Waals surface area contributed by atoms with Gasteiger partial charge in [0.15, 0.2) is 0 Å². The summed E-state index contributed by atoms with van der Waals surface area (Å²) in [5.41, 5.74) is 1.12. The summed E-state index contributed by atoms with van der Waals surface area (Å²) in [5, 5.41) is 3.45. The summed E-state index contributed by atoms with van der Waals surface area (Å²) in [5.74, 6) is 0.839. The highest BCUT2D eigenvalue weighted by Gasteiger charge is 2.20. The van der Waals surface area contributed by atoms with Crippen molar-refractivity contribution in [3.63, 3.8) is 0 Å². The smallest absolute Gasteiger partial charge is 0.251 e. The first-order chi connectivity index (χ1) is 9.65. The van der Waals surface area contributed by atoms with E-state index in [2.05, 4.69) is 5.32 Å². The zero-order valence-corrected chi connectivity index (χ0v) is 11.8. The van der Waals surface area contributed by atoms with Gasteiger partial charge in [0.25, 0.3) is 6.43 Å². The van der Waals surface area contributed by atoms with Crippen molar-refractivity contribution in [2.24, 2.45) is 0 Å². The number of benzene rings is 1. The number of rotatable bonds is 9. The molecule has 0 amide bonds. The van der Waals surface area contributed by atoms with Gasteiger partial charge in [0.05, 0.1) is 6.54 Å². The van der Waals surface area contributed by atoms with Gasteiger partial charge >= 0.3 is 0 Å². The molecule has 0 aromatic heterocycles. The van der Waals surface area contributed by atoms with E-state index in [1.54, 1.807) is 11.9 Å². The maximum Gasteiger partial charge on any atom is 0.251 e. The Morgan fingerprint density at radius 1 is 1.35 bits per heavy atom. The average Bonchev–Trinajstić information content (AvgIpc) is 3.21. The van der Waals surface area contributed by atoms with Crippen molar-refractivity contribution in [3.05, 3.63) is 29.8 Å². The first kappa shape index (κ1) is 15.2. The Morgan fingerprint density at radius 2 is 2.10 bits per heavy atom. The van der Waals surface area contributed by atoms with E-state index in [0.29, 0.717) is 19.2 Å². The van der Waals surface area contributed by atoms with Crippen molar-refractivity contribution in [1.82, 2.24) is 10.2 Å². The van der Waals surface area contributed by atoms with E-state index in [4.69, 9.17) is 4.74 Å². The molecule has 1 aromatic carbocycles. The Balaban J connectivity index is 1.76.